The first-order valence-electron chi connectivity index (χ1n) is 12.3. The van der Waals surface area contributed by atoms with Gasteiger partial charge in [0, 0.05) is 35.0 Å². The molecule has 0 amide bonds. The number of nitrogens with zero attached hydrogens (tertiary/aromatic N) is 4. The molecule has 0 saturated carbocycles. The van der Waals surface area contributed by atoms with Crippen molar-refractivity contribution in [2.75, 3.05) is 18.4 Å². The number of nitrogens with one attached hydrogen (secondary N) is 2. The number of benzene rings is 2. The number of alkyl halides is 3. The summed E-state index contributed by atoms with van der Waals surface area (Å²) in [7, 11) is 0. The Morgan fingerprint density at radius 3 is 2.32 bits per heavy atom. The van der Waals surface area contributed by atoms with E-state index in [1.165, 1.54) is 6.07 Å². The van der Waals surface area contributed by atoms with Crippen LogP contribution in [0.15, 0.2) is 73.1 Å². The molecule has 4 aromatic rings. The van der Waals surface area contributed by atoms with Gasteiger partial charge in [-0.2, -0.15) is 18.3 Å². The molecule has 3 heterocycles. The van der Waals surface area contributed by atoms with Gasteiger partial charge in [-0.05, 0) is 56.6 Å². The van der Waals surface area contributed by atoms with Crippen LogP contribution in [0.1, 0.15) is 48.5 Å². The van der Waals surface area contributed by atoms with Crippen molar-refractivity contribution in [2.45, 2.75) is 37.9 Å². The van der Waals surface area contributed by atoms with Gasteiger partial charge in [0.15, 0.2) is 0 Å². The van der Waals surface area contributed by atoms with Crippen LogP contribution >= 0.6 is 0 Å². The van der Waals surface area contributed by atoms with E-state index in [2.05, 4.69) is 30.8 Å². The van der Waals surface area contributed by atoms with Crippen molar-refractivity contribution in [3.63, 3.8) is 0 Å². The van der Waals surface area contributed by atoms with Crippen molar-refractivity contribution in [3.05, 3.63) is 89.9 Å². The summed E-state index contributed by atoms with van der Waals surface area (Å²) in [6.07, 6.45) is 0.743. The fourth-order valence-electron chi connectivity index (χ4n) is 4.56. The lowest BCUT2D eigenvalue weighted by Gasteiger charge is -2.22. The molecule has 0 aliphatic carbocycles. The number of anilines is 1. The minimum atomic E-state index is -4.45. The van der Waals surface area contributed by atoms with Crippen LogP contribution in [0.2, 0.25) is 0 Å². The molecule has 1 aliphatic heterocycles. The highest BCUT2D eigenvalue weighted by Gasteiger charge is 2.31. The molecule has 1 saturated heterocycles. The monoisotopic (exact) mass is 504 g/mol. The molecule has 0 spiro atoms. The van der Waals surface area contributed by atoms with Crippen LogP contribution in [0.3, 0.4) is 0 Å². The molecule has 190 valence electrons. The predicted octanol–water partition coefficient (Wildman–Crippen LogP) is 6.26. The van der Waals surface area contributed by atoms with Crippen LogP contribution < -0.4 is 10.6 Å². The van der Waals surface area contributed by atoms with Crippen molar-refractivity contribution in [1.29, 1.82) is 0 Å². The Balaban J connectivity index is 1.50. The van der Waals surface area contributed by atoms with E-state index in [0.717, 1.165) is 49.3 Å². The molecule has 1 aliphatic rings. The van der Waals surface area contributed by atoms with Crippen molar-refractivity contribution >= 4 is 5.95 Å². The van der Waals surface area contributed by atoms with E-state index in [9.17, 15) is 13.2 Å². The Kier molecular flexibility index (Phi) is 7.14. The zero-order chi connectivity index (χ0) is 25.8. The molecule has 1 fully saturated rings. The van der Waals surface area contributed by atoms with Gasteiger partial charge in [-0.15, -0.1) is 5.10 Å². The smallest absolute Gasteiger partial charge is 0.348 e. The molecule has 2 N–H and O–H groups in total. The molecule has 1 atom stereocenters. The number of hydrogen-bond donors (Lipinski definition) is 2. The molecule has 2 aromatic heterocycles. The third-order valence-electron chi connectivity index (χ3n) is 6.64. The second kappa shape index (κ2) is 10.6. The zero-order valence-electron chi connectivity index (χ0n) is 20.3. The van der Waals surface area contributed by atoms with E-state index in [-0.39, 0.29) is 12.0 Å². The van der Waals surface area contributed by atoms with E-state index in [1.807, 2.05) is 43.3 Å². The number of halogens is 3. The summed E-state index contributed by atoms with van der Waals surface area (Å²) >= 11 is 0. The highest BCUT2D eigenvalue weighted by Crippen LogP contribution is 2.36. The quantitative estimate of drug-likeness (QED) is 0.323. The number of rotatable bonds is 6. The highest BCUT2D eigenvalue weighted by atomic mass is 19.4. The van der Waals surface area contributed by atoms with E-state index in [4.69, 9.17) is 0 Å². The molecule has 6 nitrogen and oxygen atoms in total. The van der Waals surface area contributed by atoms with Crippen LogP contribution in [0.25, 0.3) is 22.4 Å². The molecular formula is C28H27F3N6. The number of hydrogen-bond acceptors (Lipinski definition) is 6. The average Bonchev–Trinajstić information content (AvgIpc) is 2.94. The molecule has 0 radical (unpaired) electrons. The summed E-state index contributed by atoms with van der Waals surface area (Å²) in [4.78, 5) is 8.99. The maximum atomic E-state index is 13.4. The van der Waals surface area contributed by atoms with E-state index < -0.39 is 11.7 Å². The van der Waals surface area contributed by atoms with Gasteiger partial charge < -0.3 is 10.6 Å². The van der Waals surface area contributed by atoms with Crippen LogP contribution in [0.5, 0.6) is 0 Å². The minimum Gasteiger partial charge on any atom is -0.348 e. The first kappa shape index (κ1) is 24.8. The third kappa shape index (κ3) is 5.77. The highest BCUT2D eigenvalue weighted by molar-refractivity contribution is 5.80. The van der Waals surface area contributed by atoms with Crippen LogP contribution in [0, 0.1) is 0 Å². The summed E-state index contributed by atoms with van der Waals surface area (Å²) in [5.74, 6) is 0.693. The van der Waals surface area contributed by atoms with Gasteiger partial charge in [0.2, 0.25) is 5.95 Å². The SMILES string of the molecule is C[C@H](Nc1ncc(-c2cc(C3CCNCC3)nnc2-c2cccc(C(F)(F)F)c2)cn1)c1ccccc1. The van der Waals surface area contributed by atoms with Gasteiger partial charge >= 0.3 is 6.18 Å². The normalized spacial score (nSPS) is 15.4. The Bertz CT molecular complexity index is 1340. The molecule has 0 unspecified atom stereocenters. The van der Waals surface area contributed by atoms with Gasteiger partial charge in [-0.1, -0.05) is 42.5 Å². The van der Waals surface area contributed by atoms with Crippen LogP contribution in [0.4, 0.5) is 19.1 Å². The minimum absolute atomic E-state index is 0.00169. The molecule has 9 heteroatoms. The zero-order valence-corrected chi connectivity index (χ0v) is 20.3. The summed E-state index contributed by atoms with van der Waals surface area (Å²) in [6.45, 7) is 3.80. The first-order chi connectivity index (χ1) is 17.9. The molecule has 5 rings (SSSR count). The maximum absolute atomic E-state index is 13.4. The number of aromatic nitrogens is 4. The van der Waals surface area contributed by atoms with Crippen molar-refractivity contribution in [1.82, 2.24) is 25.5 Å². The lowest BCUT2D eigenvalue weighted by atomic mass is 9.92. The second-order valence-electron chi connectivity index (χ2n) is 9.21. The predicted molar refractivity (Wildman–Crippen MR) is 137 cm³/mol. The van der Waals surface area contributed by atoms with Crippen LogP contribution in [-0.2, 0) is 6.18 Å². The molecule has 0 bridgehead atoms. The summed E-state index contributed by atoms with van der Waals surface area (Å²) in [5.41, 5.74) is 3.23. The molecule has 37 heavy (non-hydrogen) atoms. The maximum Gasteiger partial charge on any atom is 0.416 e. The summed E-state index contributed by atoms with van der Waals surface area (Å²) in [5, 5.41) is 15.5. The lowest BCUT2D eigenvalue weighted by molar-refractivity contribution is -0.137. The Morgan fingerprint density at radius 2 is 1.62 bits per heavy atom. The number of piperidine rings is 1. The second-order valence-corrected chi connectivity index (χ2v) is 9.21. The lowest BCUT2D eigenvalue weighted by Crippen LogP contribution is -2.27. The van der Waals surface area contributed by atoms with Crippen LogP contribution in [-0.4, -0.2) is 33.3 Å². The van der Waals surface area contributed by atoms with Crippen molar-refractivity contribution in [2.24, 2.45) is 0 Å². The largest absolute Gasteiger partial charge is 0.416 e. The topological polar surface area (TPSA) is 75.6 Å². The fourth-order valence-corrected chi connectivity index (χ4v) is 4.56. The van der Waals surface area contributed by atoms with E-state index in [1.54, 1.807) is 18.5 Å². The van der Waals surface area contributed by atoms with Gasteiger partial charge in [0.25, 0.3) is 0 Å². The Morgan fingerprint density at radius 1 is 0.892 bits per heavy atom. The Hall–Kier alpha value is -3.85. The standard InChI is InChI=1S/C28H27F3N6/c1-18(19-6-3-2-4-7-19)35-27-33-16-22(17-34-27)24-15-25(20-10-12-32-13-11-20)36-37-26(24)21-8-5-9-23(14-21)28(29,30)31/h2-9,14-18,20,32H,10-13H2,1H3,(H,33,34,35)/t18-/m0/s1. The first-order valence-corrected chi connectivity index (χ1v) is 12.3. The van der Waals surface area contributed by atoms with Gasteiger partial charge in [0.05, 0.1) is 17.3 Å². The summed E-state index contributed by atoms with van der Waals surface area (Å²) < 4.78 is 40.2. The van der Waals surface area contributed by atoms with Gasteiger partial charge in [0.1, 0.15) is 5.69 Å². The van der Waals surface area contributed by atoms with Gasteiger partial charge in [-0.3, -0.25) is 0 Å². The van der Waals surface area contributed by atoms with Crippen molar-refractivity contribution in [3.8, 4) is 22.4 Å². The Labute approximate surface area is 213 Å². The van der Waals surface area contributed by atoms with E-state index in [0.29, 0.717) is 28.3 Å². The fraction of sp³-hybridized carbons (Fsp3) is 0.286. The summed E-state index contributed by atoms with van der Waals surface area (Å²) in [6, 6.07) is 17.1. The van der Waals surface area contributed by atoms with Gasteiger partial charge in [-0.25, -0.2) is 9.97 Å². The van der Waals surface area contributed by atoms with Crippen molar-refractivity contribution < 1.29 is 13.2 Å². The average molecular weight is 505 g/mol. The third-order valence-corrected chi connectivity index (χ3v) is 6.64. The van der Waals surface area contributed by atoms with E-state index >= 15 is 0 Å². The molecule has 2 aromatic carbocycles. The molecular weight excluding hydrogens is 477 g/mol.